The second kappa shape index (κ2) is 3.54. The zero-order valence-electron chi connectivity index (χ0n) is 7.14. The zero-order chi connectivity index (χ0) is 9.97. The van der Waals surface area contributed by atoms with Crippen molar-refractivity contribution in [2.24, 2.45) is 0 Å². The first-order chi connectivity index (χ1) is 6.74. The number of rotatable bonds is 2. The highest BCUT2D eigenvalue weighted by atomic mass is 32.2. The maximum Gasteiger partial charge on any atom is 0.223 e. The van der Waals surface area contributed by atoms with Gasteiger partial charge in [0, 0.05) is 18.5 Å². The number of imidazole rings is 1. The van der Waals surface area contributed by atoms with Crippen molar-refractivity contribution in [3.63, 3.8) is 0 Å². The van der Waals surface area contributed by atoms with Gasteiger partial charge in [-0.1, -0.05) is 0 Å². The maximum absolute atomic E-state index is 5.51. The third kappa shape index (κ3) is 1.94. The predicted molar refractivity (Wildman–Crippen MR) is 53.6 cm³/mol. The van der Waals surface area contributed by atoms with Crippen LogP contribution in [0, 0.1) is 0 Å². The van der Waals surface area contributed by atoms with Crippen molar-refractivity contribution < 1.29 is 0 Å². The van der Waals surface area contributed by atoms with Crippen LogP contribution in [0.1, 0.15) is 0 Å². The quantitative estimate of drug-likeness (QED) is 0.621. The lowest BCUT2D eigenvalue weighted by Crippen LogP contribution is -1.99. The molecule has 72 valence electrons. The molecular weight excluding hydrogens is 200 g/mol. The van der Waals surface area contributed by atoms with Crippen LogP contribution in [0.2, 0.25) is 0 Å². The van der Waals surface area contributed by atoms with Crippen molar-refractivity contribution in [3.05, 3.63) is 18.5 Å². The molecule has 0 aliphatic heterocycles. The molecule has 0 aliphatic rings. The Morgan fingerprint density at radius 1 is 1.29 bits per heavy atom. The van der Waals surface area contributed by atoms with Gasteiger partial charge in [-0.2, -0.15) is 4.98 Å². The fourth-order valence-electron chi connectivity index (χ4n) is 0.919. The van der Waals surface area contributed by atoms with Crippen LogP contribution in [0.15, 0.2) is 28.6 Å². The molecule has 5 N–H and O–H groups in total. The third-order valence-corrected chi connectivity index (χ3v) is 2.25. The van der Waals surface area contributed by atoms with Gasteiger partial charge in [0.2, 0.25) is 5.95 Å². The van der Waals surface area contributed by atoms with E-state index in [-0.39, 0.29) is 5.95 Å². The molecule has 0 spiro atoms. The van der Waals surface area contributed by atoms with Gasteiger partial charge in [0.05, 0.1) is 0 Å². The minimum Gasteiger partial charge on any atom is -0.383 e. The summed E-state index contributed by atoms with van der Waals surface area (Å²) in [6.07, 6.45) is 3.40. The first-order valence-corrected chi connectivity index (χ1v) is 4.63. The van der Waals surface area contributed by atoms with Gasteiger partial charge in [0.15, 0.2) is 5.16 Å². The predicted octanol–water partition coefficient (Wildman–Crippen LogP) is 0.515. The molecule has 0 atom stereocenters. The number of hydrogen-bond donors (Lipinski definition) is 3. The summed E-state index contributed by atoms with van der Waals surface area (Å²) in [5.41, 5.74) is 11.0. The number of anilines is 2. The van der Waals surface area contributed by atoms with Crippen molar-refractivity contribution in [3.8, 4) is 0 Å². The van der Waals surface area contributed by atoms with Gasteiger partial charge in [-0.05, 0) is 11.8 Å². The minimum absolute atomic E-state index is 0.166. The van der Waals surface area contributed by atoms with Gasteiger partial charge < -0.3 is 16.5 Å². The second-order valence-corrected chi connectivity index (χ2v) is 3.49. The lowest BCUT2D eigenvalue weighted by Gasteiger charge is -1.99. The summed E-state index contributed by atoms with van der Waals surface area (Å²) in [6, 6.07) is 1.64. The molecular formula is C7H8N6S. The Bertz CT molecular complexity index is 405. The number of H-pyrrole nitrogens is 1. The second-order valence-electron chi connectivity index (χ2n) is 2.49. The van der Waals surface area contributed by atoms with Gasteiger partial charge in [-0.25, -0.2) is 9.97 Å². The average molecular weight is 208 g/mol. The third-order valence-electron chi connectivity index (χ3n) is 1.41. The molecule has 2 aromatic rings. The largest absolute Gasteiger partial charge is 0.383 e. The number of aromatic nitrogens is 4. The molecule has 0 bridgehead atoms. The summed E-state index contributed by atoms with van der Waals surface area (Å²) < 4.78 is 0. The summed E-state index contributed by atoms with van der Waals surface area (Å²) in [4.78, 5) is 14.7. The smallest absolute Gasteiger partial charge is 0.223 e. The lowest BCUT2D eigenvalue weighted by atomic mass is 10.6. The lowest BCUT2D eigenvalue weighted by molar-refractivity contribution is 1.03. The SMILES string of the molecule is Nc1cc(Sc2ncc[nH]2)nc(N)n1. The zero-order valence-corrected chi connectivity index (χ0v) is 7.95. The minimum atomic E-state index is 0.166. The van der Waals surface area contributed by atoms with Crippen molar-refractivity contribution >= 4 is 23.5 Å². The van der Waals surface area contributed by atoms with Crippen LogP contribution >= 0.6 is 11.8 Å². The van der Waals surface area contributed by atoms with E-state index in [1.165, 1.54) is 11.8 Å². The molecule has 6 nitrogen and oxygen atoms in total. The molecule has 14 heavy (non-hydrogen) atoms. The van der Waals surface area contributed by atoms with Crippen LogP contribution in [0.3, 0.4) is 0 Å². The summed E-state index contributed by atoms with van der Waals surface area (Å²) >= 11 is 1.34. The number of nitrogens with zero attached hydrogens (tertiary/aromatic N) is 3. The van der Waals surface area contributed by atoms with E-state index >= 15 is 0 Å². The normalized spacial score (nSPS) is 10.3. The fourth-order valence-corrected chi connectivity index (χ4v) is 1.68. The van der Waals surface area contributed by atoms with Crippen LogP contribution in [0.25, 0.3) is 0 Å². The molecule has 0 amide bonds. The standard InChI is InChI=1S/C7H8N6S/c8-4-3-5(13-6(9)12-4)14-7-10-1-2-11-7/h1-3H,(H,10,11)(H4,8,9,12,13). The van der Waals surface area contributed by atoms with E-state index in [4.69, 9.17) is 11.5 Å². The molecule has 0 fully saturated rings. The summed E-state index contributed by atoms with van der Waals surface area (Å²) in [6.45, 7) is 0. The number of nitrogens with two attached hydrogens (primary N) is 2. The average Bonchev–Trinajstić information content (AvgIpc) is 2.54. The van der Waals surface area contributed by atoms with Crippen LogP contribution in [-0.2, 0) is 0 Å². The molecule has 0 aromatic carbocycles. The highest BCUT2D eigenvalue weighted by Gasteiger charge is 2.03. The van der Waals surface area contributed by atoms with Crippen molar-refractivity contribution in [2.75, 3.05) is 11.5 Å². The number of aromatic amines is 1. The Hall–Kier alpha value is -1.76. The molecule has 0 saturated carbocycles. The van der Waals surface area contributed by atoms with Gasteiger partial charge in [-0.3, -0.25) is 0 Å². The highest BCUT2D eigenvalue weighted by Crippen LogP contribution is 2.23. The molecule has 2 aromatic heterocycles. The van der Waals surface area contributed by atoms with Crippen molar-refractivity contribution in [2.45, 2.75) is 10.2 Å². The Labute approximate surface area is 84.2 Å². The Morgan fingerprint density at radius 2 is 2.14 bits per heavy atom. The van der Waals surface area contributed by atoms with Gasteiger partial charge in [0.25, 0.3) is 0 Å². The van der Waals surface area contributed by atoms with E-state index < -0.39 is 0 Å². The molecule has 0 unspecified atom stereocenters. The molecule has 2 rings (SSSR count). The van der Waals surface area contributed by atoms with Crippen LogP contribution < -0.4 is 11.5 Å². The topological polar surface area (TPSA) is 106 Å². The summed E-state index contributed by atoms with van der Waals surface area (Å²) in [5, 5.41) is 1.41. The number of hydrogen-bond acceptors (Lipinski definition) is 6. The van der Waals surface area contributed by atoms with Crippen molar-refractivity contribution in [1.82, 2.24) is 19.9 Å². The monoisotopic (exact) mass is 208 g/mol. The van der Waals surface area contributed by atoms with Crippen LogP contribution in [0.4, 0.5) is 11.8 Å². The van der Waals surface area contributed by atoms with Crippen LogP contribution in [-0.4, -0.2) is 19.9 Å². The highest BCUT2D eigenvalue weighted by molar-refractivity contribution is 7.99. The van der Waals surface area contributed by atoms with Gasteiger partial charge in [0.1, 0.15) is 10.8 Å². The van der Waals surface area contributed by atoms with E-state index in [1.54, 1.807) is 18.5 Å². The Balaban J connectivity index is 2.25. The summed E-state index contributed by atoms with van der Waals surface area (Å²) in [7, 11) is 0. The Morgan fingerprint density at radius 3 is 2.79 bits per heavy atom. The van der Waals surface area contributed by atoms with Gasteiger partial charge >= 0.3 is 0 Å². The van der Waals surface area contributed by atoms with E-state index in [1.807, 2.05) is 0 Å². The number of nitrogen functional groups attached to an aromatic ring is 2. The van der Waals surface area contributed by atoms with E-state index in [0.717, 1.165) is 5.16 Å². The summed E-state index contributed by atoms with van der Waals surface area (Å²) in [5.74, 6) is 0.519. The molecule has 0 aliphatic carbocycles. The van der Waals surface area contributed by atoms with E-state index in [0.29, 0.717) is 10.8 Å². The van der Waals surface area contributed by atoms with Crippen molar-refractivity contribution in [1.29, 1.82) is 0 Å². The molecule has 7 heteroatoms. The van der Waals surface area contributed by atoms with E-state index in [9.17, 15) is 0 Å². The molecule has 0 saturated heterocycles. The Kier molecular flexibility index (Phi) is 2.23. The first-order valence-electron chi connectivity index (χ1n) is 3.81. The molecule has 0 radical (unpaired) electrons. The maximum atomic E-state index is 5.51. The number of nitrogens with one attached hydrogen (secondary N) is 1. The van der Waals surface area contributed by atoms with Gasteiger partial charge in [-0.15, -0.1) is 0 Å². The van der Waals surface area contributed by atoms with Crippen LogP contribution in [0.5, 0.6) is 0 Å². The molecule has 2 heterocycles. The first kappa shape index (κ1) is 8.82. The van der Waals surface area contributed by atoms with E-state index in [2.05, 4.69) is 19.9 Å². The fraction of sp³-hybridized carbons (Fsp3) is 0.